The number of piperidine rings is 1. The molecule has 3 saturated heterocycles. The van der Waals surface area contributed by atoms with E-state index < -0.39 is 6.09 Å². The van der Waals surface area contributed by atoms with Gasteiger partial charge in [-0.1, -0.05) is 0 Å². The maximum Gasteiger partial charge on any atom is 0.410 e. The highest BCUT2D eigenvalue weighted by Crippen LogP contribution is 2.22. The van der Waals surface area contributed by atoms with Gasteiger partial charge in [0, 0.05) is 51.0 Å². The number of ether oxygens (including phenoxy) is 1. The Bertz CT molecular complexity index is 728. The summed E-state index contributed by atoms with van der Waals surface area (Å²) in [5.74, 6) is 1.72. The van der Waals surface area contributed by atoms with Gasteiger partial charge in [-0.05, 0) is 26.2 Å². The standard InChI is InChI=1S/C19H28N6O3/c1-15-13-16(22-5-3-2-4-6-22)21-18(20-15)24-9-7-23(8-10-24)17(26)14-25-11-12-28-19(25)27/h13H,2-12,14H2,1H3. The molecule has 0 bridgehead atoms. The van der Waals surface area contributed by atoms with Crippen LogP contribution in [0.3, 0.4) is 0 Å². The lowest BCUT2D eigenvalue weighted by molar-refractivity contribution is -0.132. The van der Waals surface area contributed by atoms with Crippen molar-refractivity contribution in [3.05, 3.63) is 11.8 Å². The van der Waals surface area contributed by atoms with Crippen LogP contribution in [0.1, 0.15) is 25.0 Å². The minimum absolute atomic E-state index is 0.0299. The maximum atomic E-state index is 12.5. The van der Waals surface area contributed by atoms with Gasteiger partial charge in [0.1, 0.15) is 19.0 Å². The number of rotatable bonds is 4. The van der Waals surface area contributed by atoms with Gasteiger partial charge in [-0.2, -0.15) is 4.98 Å². The second-order valence-corrected chi connectivity index (χ2v) is 7.62. The molecule has 0 spiro atoms. The molecule has 4 heterocycles. The summed E-state index contributed by atoms with van der Waals surface area (Å²) in [4.78, 5) is 41.2. The number of piperazine rings is 1. The monoisotopic (exact) mass is 388 g/mol. The fourth-order valence-electron chi connectivity index (χ4n) is 3.95. The summed E-state index contributed by atoms with van der Waals surface area (Å²) in [6.45, 7) is 7.67. The number of carbonyl (C=O) groups is 2. The number of hydrogen-bond acceptors (Lipinski definition) is 7. The van der Waals surface area contributed by atoms with Crippen molar-refractivity contribution >= 4 is 23.8 Å². The Morgan fingerprint density at radius 2 is 1.75 bits per heavy atom. The number of cyclic esters (lactones) is 1. The summed E-state index contributed by atoms with van der Waals surface area (Å²) < 4.78 is 4.89. The summed E-state index contributed by atoms with van der Waals surface area (Å²) in [5, 5.41) is 0. The van der Waals surface area contributed by atoms with Gasteiger partial charge in [-0.3, -0.25) is 9.69 Å². The van der Waals surface area contributed by atoms with E-state index in [2.05, 4.69) is 20.9 Å². The van der Waals surface area contributed by atoms with Crippen LogP contribution in [0.25, 0.3) is 0 Å². The summed E-state index contributed by atoms with van der Waals surface area (Å²) in [5.41, 5.74) is 0.969. The molecular weight excluding hydrogens is 360 g/mol. The van der Waals surface area contributed by atoms with Crippen LogP contribution in [-0.4, -0.2) is 90.7 Å². The van der Waals surface area contributed by atoms with E-state index in [1.807, 2.05) is 11.8 Å². The van der Waals surface area contributed by atoms with Gasteiger partial charge in [0.2, 0.25) is 11.9 Å². The topological polar surface area (TPSA) is 82.1 Å². The SMILES string of the molecule is Cc1cc(N2CCCCC2)nc(N2CCN(C(=O)CN3CCOC3=O)CC2)n1. The average molecular weight is 388 g/mol. The van der Waals surface area contributed by atoms with Crippen molar-refractivity contribution in [3.63, 3.8) is 0 Å². The van der Waals surface area contributed by atoms with Crippen LogP contribution >= 0.6 is 0 Å². The van der Waals surface area contributed by atoms with Crippen LogP contribution in [0.15, 0.2) is 6.07 Å². The Balaban J connectivity index is 1.36. The molecule has 2 amide bonds. The Labute approximate surface area is 165 Å². The van der Waals surface area contributed by atoms with Gasteiger partial charge >= 0.3 is 6.09 Å². The van der Waals surface area contributed by atoms with E-state index in [1.165, 1.54) is 24.2 Å². The van der Waals surface area contributed by atoms with E-state index in [0.29, 0.717) is 39.3 Å². The number of aryl methyl sites for hydroxylation is 1. The predicted molar refractivity (Wildman–Crippen MR) is 105 cm³/mol. The fraction of sp³-hybridized carbons (Fsp3) is 0.684. The van der Waals surface area contributed by atoms with Crippen LogP contribution in [0, 0.1) is 6.92 Å². The van der Waals surface area contributed by atoms with Crippen LogP contribution < -0.4 is 9.80 Å². The average Bonchev–Trinajstić information content (AvgIpc) is 3.13. The Morgan fingerprint density at radius 3 is 2.43 bits per heavy atom. The van der Waals surface area contributed by atoms with Crippen molar-refractivity contribution in [2.24, 2.45) is 0 Å². The zero-order valence-corrected chi connectivity index (χ0v) is 16.5. The highest BCUT2D eigenvalue weighted by atomic mass is 16.6. The zero-order chi connectivity index (χ0) is 19.5. The van der Waals surface area contributed by atoms with E-state index in [-0.39, 0.29) is 12.5 Å². The molecule has 1 aromatic rings. The number of anilines is 2. The van der Waals surface area contributed by atoms with Gasteiger partial charge in [-0.25, -0.2) is 9.78 Å². The van der Waals surface area contributed by atoms with Crippen molar-refractivity contribution < 1.29 is 14.3 Å². The van der Waals surface area contributed by atoms with Gasteiger partial charge in [0.15, 0.2) is 0 Å². The van der Waals surface area contributed by atoms with E-state index >= 15 is 0 Å². The molecule has 0 radical (unpaired) electrons. The molecule has 1 aromatic heterocycles. The van der Waals surface area contributed by atoms with Crippen molar-refractivity contribution in [1.82, 2.24) is 19.8 Å². The molecule has 0 aliphatic carbocycles. The van der Waals surface area contributed by atoms with E-state index in [1.54, 1.807) is 0 Å². The second-order valence-electron chi connectivity index (χ2n) is 7.62. The lowest BCUT2D eigenvalue weighted by atomic mass is 10.1. The highest BCUT2D eigenvalue weighted by molar-refractivity contribution is 5.83. The van der Waals surface area contributed by atoms with Gasteiger partial charge < -0.3 is 19.4 Å². The first-order chi connectivity index (χ1) is 13.6. The first-order valence-electron chi connectivity index (χ1n) is 10.2. The lowest BCUT2D eigenvalue weighted by Crippen LogP contribution is -2.51. The number of nitrogens with zero attached hydrogens (tertiary/aromatic N) is 6. The minimum Gasteiger partial charge on any atom is -0.448 e. The molecule has 3 aliphatic heterocycles. The molecule has 0 unspecified atom stereocenters. The number of carbonyl (C=O) groups excluding carboxylic acids is 2. The molecule has 152 valence electrons. The summed E-state index contributed by atoms with van der Waals surface area (Å²) >= 11 is 0. The maximum absolute atomic E-state index is 12.5. The smallest absolute Gasteiger partial charge is 0.410 e. The van der Waals surface area contributed by atoms with Crippen LogP contribution in [0.5, 0.6) is 0 Å². The zero-order valence-electron chi connectivity index (χ0n) is 16.5. The third-order valence-electron chi connectivity index (χ3n) is 5.60. The van der Waals surface area contributed by atoms with Gasteiger partial charge in [0.25, 0.3) is 0 Å². The first-order valence-corrected chi connectivity index (χ1v) is 10.2. The predicted octanol–water partition coefficient (Wildman–Crippen LogP) is 0.876. The number of amides is 2. The van der Waals surface area contributed by atoms with Crippen LogP contribution in [0.2, 0.25) is 0 Å². The number of hydrogen-bond donors (Lipinski definition) is 0. The summed E-state index contributed by atoms with van der Waals surface area (Å²) in [6, 6.07) is 2.06. The van der Waals surface area contributed by atoms with Crippen LogP contribution in [0.4, 0.5) is 16.6 Å². The second kappa shape index (κ2) is 8.20. The van der Waals surface area contributed by atoms with Crippen molar-refractivity contribution in [1.29, 1.82) is 0 Å². The van der Waals surface area contributed by atoms with Crippen molar-refractivity contribution in [2.75, 3.05) is 68.8 Å². The van der Waals surface area contributed by atoms with Crippen molar-refractivity contribution in [2.45, 2.75) is 26.2 Å². The fourth-order valence-corrected chi connectivity index (χ4v) is 3.95. The van der Waals surface area contributed by atoms with E-state index in [4.69, 9.17) is 9.72 Å². The normalized spacial score (nSPS) is 20.5. The quantitative estimate of drug-likeness (QED) is 0.757. The minimum atomic E-state index is -0.398. The Morgan fingerprint density at radius 1 is 1.00 bits per heavy atom. The molecule has 28 heavy (non-hydrogen) atoms. The van der Waals surface area contributed by atoms with E-state index in [9.17, 15) is 9.59 Å². The van der Waals surface area contributed by atoms with Gasteiger partial charge in [-0.15, -0.1) is 0 Å². The highest BCUT2D eigenvalue weighted by Gasteiger charge is 2.29. The third-order valence-corrected chi connectivity index (χ3v) is 5.60. The molecule has 9 heteroatoms. The summed E-state index contributed by atoms with van der Waals surface area (Å²) in [6.07, 6.45) is 3.32. The molecule has 9 nitrogen and oxygen atoms in total. The summed E-state index contributed by atoms with van der Waals surface area (Å²) in [7, 11) is 0. The Kier molecular flexibility index (Phi) is 5.50. The molecule has 4 rings (SSSR count). The van der Waals surface area contributed by atoms with Crippen LogP contribution in [-0.2, 0) is 9.53 Å². The molecule has 3 aliphatic rings. The lowest BCUT2D eigenvalue weighted by Gasteiger charge is -2.36. The van der Waals surface area contributed by atoms with E-state index in [0.717, 1.165) is 30.5 Å². The number of aromatic nitrogens is 2. The molecular formula is C19H28N6O3. The molecule has 0 aromatic carbocycles. The first kappa shape index (κ1) is 18.8. The molecule has 3 fully saturated rings. The molecule has 0 saturated carbocycles. The largest absolute Gasteiger partial charge is 0.448 e. The third kappa shape index (κ3) is 4.13. The van der Waals surface area contributed by atoms with Crippen molar-refractivity contribution in [3.8, 4) is 0 Å². The van der Waals surface area contributed by atoms with Gasteiger partial charge in [0.05, 0.1) is 6.54 Å². The molecule has 0 atom stereocenters. The Hall–Kier alpha value is -2.58. The molecule has 0 N–H and O–H groups in total.